The first-order chi connectivity index (χ1) is 9.65. The first-order valence-electron chi connectivity index (χ1n) is 7.34. The van der Waals surface area contributed by atoms with Crippen molar-refractivity contribution >= 4 is 11.9 Å². The molecule has 5 heteroatoms. The Morgan fingerprint density at radius 1 is 1.35 bits per heavy atom. The molecule has 2 fully saturated rings. The molecule has 2 aliphatic carbocycles. The Morgan fingerprint density at radius 3 is 2.65 bits per heavy atom. The molecule has 1 aromatic heterocycles. The first-order valence-corrected chi connectivity index (χ1v) is 7.34. The van der Waals surface area contributed by atoms with E-state index in [1.807, 2.05) is 22.9 Å². The van der Waals surface area contributed by atoms with E-state index < -0.39 is 5.97 Å². The quantitative estimate of drug-likeness (QED) is 0.836. The minimum atomic E-state index is -0.850. The summed E-state index contributed by atoms with van der Waals surface area (Å²) in [5.41, 5.74) is 0.658. The first kappa shape index (κ1) is 13.2. The highest BCUT2D eigenvalue weighted by Gasteiger charge is 2.34. The second-order valence-electron chi connectivity index (χ2n) is 5.90. The summed E-state index contributed by atoms with van der Waals surface area (Å²) >= 11 is 0. The summed E-state index contributed by atoms with van der Waals surface area (Å²) in [6.45, 7) is 0. The summed E-state index contributed by atoms with van der Waals surface area (Å²) < 4.78 is 2.03. The van der Waals surface area contributed by atoms with Crippen LogP contribution in [0.5, 0.6) is 0 Å². The maximum absolute atomic E-state index is 12.4. The third-order valence-electron chi connectivity index (χ3n) is 4.38. The van der Waals surface area contributed by atoms with Crippen molar-refractivity contribution in [2.75, 3.05) is 0 Å². The fourth-order valence-corrected chi connectivity index (χ4v) is 2.83. The molecule has 2 N–H and O–H groups in total. The van der Waals surface area contributed by atoms with Gasteiger partial charge in [-0.3, -0.25) is 9.59 Å². The zero-order chi connectivity index (χ0) is 14.1. The molecule has 1 amide bonds. The van der Waals surface area contributed by atoms with Crippen LogP contribution in [0.4, 0.5) is 0 Å². The van der Waals surface area contributed by atoms with Gasteiger partial charge in [0.2, 0.25) is 0 Å². The Kier molecular flexibility index (Phi) is 3.51. The highest BCUT2D eigenvalue weighted by atomic mass is 16.4. The molecule has 1 aromatic rings. The molecular formula is C15H20N2O3. The SMILES string of the molecule is O=C(O)CC(NC(=O)c1cccn1C1CCC1)C1CC1. The fourth-order valence-electron chi connectivity index (χ4n) is 2.83. The van der Waals surface area contributed by atoms with E-state index in [1.165, 1.54) is 6.42 Å². The van der Waals surface area contributed by atoms with Crippen molar-refractivity contribution in [3.8, 4) is 0 Å². The van der Waals surface area contributed by atoms with Crippen LogP contribution in [-0.4, -0.2) is 27.6 Å². The molecule has 2 saturated carbocycles. The number of amides is 1. The molecule has 2 aliphatic rings. The number of carboxylic acid groups (broad SMARTS) is 1. The van der Waals surface area contributed by atoms with E-state index in [0.717, 1.165) is 25.7 Å². The van der Waals surface area contributed by atoms with Crippen molar-refractivity contribution in [3.63, 3.8) is 0 Å². The summed E-state index contributed by atoms with van der Waals surface area (Å²) in [6, 6.07) is 3.91. The summed E-state index contributed by atoms with van der Waals surface area (Å²) in [4.78, 5) is 23.3. The van der Waals surface area contributed by atoms with Crippen molar-refractivity contribution in [1.29, 1.82) is 0 Å². The van der Waals surface area contributed by atoms with Gasteiger partial charge in [-0.2, -0.15) is 0 Å². The second kappa shape index (κ2) is 5.31. The van der Waals surface area contributed by atoms with Gasteiger partial charge in [-0.1, -0.05) is 0 Å². The van der Waals surface area contributed by atoms with Gasteiger partial charge in [0.15, 0.2) is 0 Å². The van der Waals surface area contributed by atoms with Crippen LogP contribution in [0, 0.1) is 5.92 Å². The van der Waals surface area contributed by atoms with Crippen LogP contribution in [0.1, 0.15) is 55.1 Å². The van der Waals surface area contributed by atoms with E-state index in [1.54, 1.807) is 0 Å². The summed E-state index contributed by atoms with van der Waals surface area (Å²) in [7, 11) is 0. The molecule has 20 heavy (non-hydrogen) atoms. The molecular weight excluding hydrogens is 256 g/mol. The molecule has 5 nitrogen and oxygen atoms in total. The molecule has 1 atom stereocenters. The van der Waals surface area contributed by atoms with Crippen LogP contribution in [0.25, 0.3) is 0 Å². The number of nitrogens with zero attached hydrogens (tertiary/aromatic N) is 1. The molecule has 0 spiro atoms. The monoisotopic (exact) mass is 276 g/mol. The van der Waals surface area contributed by atoms with E-state index in [2.05, 4.69) is 5.32 Å². The van der Waals surface area contributed by atoms with Crippen LogP contribution < -0.4 is 5.32 Å². The lowest BCUT2D eigenvalue weighted by atomic mass is 9.93. The minimum absolute atomic E-state index is 0.0144. The fraction of sp³-hybridized carbons (Fsp3) is 0.600. The van der Waals surface area contributed by atoms with Crippen LogP contribution in [0.2, 0.25) is 0 Å². The largest absolute Gasteiger partial charge is 0.481 e. The number of hydrogen-bond donors (Lipinski definition) is 2. The maximum atomic E-state index is 12.4. The average Bonchev–Trinajstić information content (AvgIpc) is 3.06. The molecule has 0 aromatic carbocycles. The summed E-state index contributed by atoms with van der Waals surface area (Å²) in [6.07, 6.45) is 7.45. The molecule has 0 radical (unpaired) electrons. The van der Waals surface area contributed by atoms with Gasteiger partial charge in [0.25, 0.3) is 5.91 Å². The van der Waals surface area contributed by atoms with Gasteiger partial charge in [-0.25, -0.2) is 0 Å². The number of carbonyl (C=O) groups excluding carboxylic acids is 1. The van der Waals surface area contributed by atoms with E-state index in [-0.39, 0.29) is 18.4 Å². The standard InChI is InChI=1S/C15H20N2O3/c18-14(19)9-12(10-6-7-10)16-15(20)13-5-2-8-17(13)11-3-1-4-11/h2,5,8,10-12H,1,3-4,6-7,9H2,(H,16,20)(H,18,19). The third-order valence-corrected chi connectivity index (χ3v) is 4.38. The average molecular weight is 276 g/mol. The molecule has 3 rings (SSSR count). The predicted molar refractivity (Wildman–Crippen MR) is 73.6 cm³/mol. The van der Waals surface area contributed by atoms with Crippen molar-refractivity contribution in [2.45, 2.75) is 50.6 Å². The molecule has 1 unspecified atom stereocenters. The number of hydrogen-bond acceptors (Lipinski definition) is 2. The van der Waals surface area contributed by atoms with E-state index in [9.17, 15) is 9.59 Å². The number of carboxylic acids is 1. The Morgan fingerprint density at radius 2 is 2.10 bits per heavy atom. The van der Waals surface area contributed by atoms with Crippen LogP contribution in [-0.2, 0) is 4.79 Å². The number of nitrogens with one attached hydrogen (secondary N) is 1. The Labute approximate surface area is 118 Å². The normalized spacial score (nSPS) is 20.2. The Hall–Kier alpha value is -1.78. The topological polar surface area (TPSA) is 71.3 Å². The number of rotatable bonds is 6. The Bertz CT molecular complexity index is 515. The summed E-state index contributed by atoms with van der Waals surface area (Å²) in [5, 5.41) is 11.9. The maximum Gasteiger partial charge on any atom is 0.305 e. The lowest BCUT2D eigenvalue weighted by Gasteiger charge is -2.29. The van der Waals surface area contributed by atoms with Crippen molar-refractivity contribution in [3.05, 3.63) is 24.0 Å². The van der Waals surface area contributed by atoms with Crippen LogP contribution in [0.15, 0.2) is 18.3 Å². The highest BCUT2D eigenvalue weighted by molar-refractivity contribution is 5.93. The van der Waals surface area contributed by atoms with Gasteiger partial charge in [0.1, 0.15) is 5.69 Å². The van der Waals surface area contributed by atoms with E-state index >= 15 is 0 Å². The van der Waals surface area contributed by atoms with Gasteiger partial charge in [0, 0.05) is 18.3 Å². The van der Waals surface area contributed by atoms with Crippen LogP contribution >= 0.6 is 0 Å². The lowest BCUT2D eigenvalue weighted by Crippen LogP contribution is -2.39. The van der Waals surface area contributed by atoms with Gasteiger partial charge in [-0.15, -0.1) is 0 Å². The third kappa shape index (κ3) is 2.71. The Balaban J connectivity index is 1.68. The van der Waals surface area contributed by atoms with E-state index in [4.69, 9.17) is 5.11 Å². The zero-order valence-electron chi connectivity index (χ0n) is 11.4. The highest BCUT2D eigenvalue weighted by Crippen LogP contribution is 2.35. The van der Waals surface area contributed by atoms with Gasteiger partial charge >= 0.3 is 5.97 Å². The van der Waals surface area contributed by atoms with Gasteiger partial charge in [0.05, 0.1) is 6.42 Å². The molecule has 0 aliphatic heterocycles. The molecule has 108 valence electrons. The number of carbonyl (C=O) groups is 2. The van der Waals surface area contributed by atoms with Gasteiger partial charge < -0.3 is 15.0 Å². The minimum Gasteiger partial charge on any atom is -0.481 e. The molecule has 0 saturated heterocycles. The van der Waals surface area contributed by atoms with Gasteiger partial charge in [-0.05, 0) is 50.2 Å². The second-order valence-corrected chi connectivity index (χ2v) is 5.90. The number of aromatic nitrogens is 1. The van der Waals surface area contributed by atoms with Crippen LogP contribution in [0.3, 0.4) is 0 Å². The van der Waals surface area contributed by atoms with Crippen molar-refractivity contribution in [1.82, 2.24) is 9.88 Å². The lowest BCUT2D eigenvalue weighted by molar-refractivity contribution is -0.137. The smallest absolute Gasteiger partial charge is 0.305 e. The number of aliphatic carboxylic acids is 1. The van der Waals surface area contributed by atoms with Crippen molar-refractivity contribution in [2.24, 2.45) is 5.92 Å². The molecule has 0 bridgehead atoms. The molecule has 1 heterocycles. The van der Waals surface area contributed by atoms with Crippen molar-refractivity contribution < 1.29 is 14.7 Å². The zero-order valence-corrected chi connectivity index (χ0v) is 11.4. The summed E-state index contributed by atoms with van der Waals surface area (Å²) in [5.74, 6) is -0.654. The predicted octanol–water partition coefficient (Wildman–Crippen LogP) is 2.20. The van der Waals surface area contributed by atoms with E-state index in [0.29, 0.717) is 17.7 Å².